The van der Waals surface area contributed by atoms with Gasteiger partial charge in [0.25, 0.3) is 0 Å². The summed E-state index contributed by atoms with van der Waals surface area (Å²) in [4.78, 5) is 8.64. The number of terminal acetylenes is 1. The maximum atomic E-state index is 5.30. The summed E-state index contributed by atoms with van der Waals surface area (Å²) in [6, 6.07) is 1.76. The molecular formula is C12H17N3O. The van der Waals surface area contributed by atoms with Crippen molar-refractivity contribution in [1.82, 2.24) is 9.97 Å². The van der Waals surface area contributed by atoms with Crippen molar-refractivity contribution in [2.45, 2.75) is 26.7 Å². The molecule has 0 aliphatic rings. The molecule has 0 spiro atoms. The summed E-state index contributed by atoms with van der Waals surface area (Å²) in [5, 5.41) is 3.14. The molecule has 1 rings (SSSR count). The second-order valence-corrected chi connectivity index (χ2v) is 3.28. The Labute approximate surface area is 96.5 Å². The van der Waals surface area contributed by atoms with E-state index in [9.17, 15) is 0 Å². The highest BCUT2D eigenvalue weighted by Crippen LogP contribution is 2.14. The number of nitrogens with one attached hydrogen (secondary N) is 1. The number of hydrogen-bond donors (Lipinski definition) is 1. The Hall–Kier alpha value is -1.76. The van der Waals surface area contributed by atoms with Gasteiger partial charge >= 0.3 is 0 Å². The first-order chi connectivity index (χ1) is 7.80. The van der Waals surface area contributed by atoms with Crippen molar-refractivity contribution < 1.29 is 4.74 Å². The average Bonchev–Trinajstić information content (AvgIpc) is 2.27. The number of aromatic nitrogens is 2. The van der Waals surface area contributed by atoms with E-state index in [0.29, 0.717) is 5.88 Å². The van der Waals surface area contributed by atoms with Gasteiger partial charge in [0, 0.05) is 19.0 Å². The van der Waals surface area contributed by atoms with E-state index in [4.69, 9.17) is 11.2 Å². The second-order valence-electron chi connectivity index (χ2n) is 3.28. The molecule has 0 bridgehead atoms. The van der Waals surface area contributed by atoms with Crippen molar-refractivity contribution in [2.24, 2.45) is 0 Å². The minimum atomic E-state index is 0.230. The lowest BCUT2D eigenvalue weighted by molar-refractivity contribution is 0.353. The molecule has 1 heterocycles. The summed E-state index contributed by atoms with van der Waals surface area (Å²) in [6.07, 6.45) is 6.98. The van der Waals surface area contributed by atoms with Gasteiger partial charge in [0.05, 0.1) is 0 Å². The zero-order valence-electron chi connectivity index (χ0n) is 9.79. The fourth-order valence-electron chi connectivity index (χ4n) is 1.27. The third-order valence-corrected chi connectivity index (χ3v) is 1.88. The molecule has 0 aromatic carbocycles. The van der Waals surface area contributed by atoms with Gasteiger partial charge in [0.1, 0.15) is 11.6 Å². The lowest BCUT2D eigenvalue weighted by atomic mass is 10.3. The molecule has 0 unspecified atom stereocenters. The molecular weight excluding hydrogens is 202 g/mol. The van der Waals surface area contributed by atoms with E-state index in [1.54, 1.807) is 6.07 Å². The van der Waals surface area contributed by atoms with Crippen LogP contribution in [0.2, 0.25) is 0 Å². The van der Waals surface area contributed by atoms with Crippen LogP contribution in [0.3, 0.4) is 0 Å². The number of rotatable bonds is 6. The molecule has 1 aromatic heterocycles. The minimum absolute atomic E-state index is 0.230. The van der Waals surface area contributed by atoms with Gasteiger partial charge < -0.3 is 10.1 Å². The molecule has 86 valence electrons. The quantitative estimate of drug-likeness (QED) is 0.742. The van der Waals surface area contributed by atoms with E-state index < -0.39 is 0 Å². The first kappa shape index (κ1) is 12.3. The molecule has 0 radical (unpaired) electrons. The van der Waals surface area contributed by atoms with Gasteiger partial charge in [-0.1, -0.05) is 12.8 Å². The molecule has 0 aliphatic heterocycles. The Bertz CT molecular complexity index is 347. The molecule has 4 heteroatoms. The van der Waals surface area contributed by atoms with Gasteiger partial charge in [-0.25, -0.2) is 4.98 Å². The standard InChI is InChI=1S/C12H17N3O/c1-4-7-10-14-11(13-6-3)9-12(15-10)16-8-5-2/h2,9H,4,6-8H2,1,3H3,(H,13,14,15). The second kappa shape index (κ2) is 6.67. The molecule has 0 saturated heterocycles. The van der Waals surface area contributed by atoms with E-state index in [1.165, 1.54) is 0 Å². The third kappa shape index (κ3) is 3.77. The summed E-state index contributed by atoms with van der Waals surface area (Å²) in [6.45, 7) is 5.15. The first-order valence-electron chi connectivity index (χ1n) is 5.48. The summed E-state index contributed by atoms with van der Waals surface area (Å²) < 4.78 is 5.30. The number of hydrogen-bond acceptors (Lipinski definition) is 4. The molecule has 4 nitrogen and oxygen atoms in total. The molecule has 0 saturated carbocycles. The van der Waals surface area contributed by atoms with Crippen LogP contribution in [0.15, 0.2) is 6.07 Å². The lowest BCUT2D eigenvalue weighted by Gasteiger charge is -2.08. The van der Waals surface area contributed by atoms with Crippen LogP contribution in [0.1, 0.15) is 26.1 Å². The first-order valence-corrected chi connectivity index (χ1v) is 5.48. The van der Waals surface area contributed by atoms with Crippen LogP contribution < -0.4 is 10.1 Å². The average molecular weight is 219 g/mol. The van der Waals surface area contributed by atoms with E-state index in [-0.39, 0.29) is 6.61 Å². The smallest absolute Gasteiger partial charge is 0.219 e. The van der Waals surface area contributed by atoms with Crippen LogP contribution >= 0.6 is 0 Å². The molecule has 0 atom stereocenters. The van der Waals surface area contributed by atoms with Crippen molar-refractivity contribution in [3.8, 4) is 18.2 Å². The van der Waals surface area contributed by atoms with E-state index in [2.05, 4.69) is 28.1 Å². The van der Waals surface area contributed by atoms with Crippen molar-refractivity contribution in [2.75, 3.05) is 18.5 Å². The highest BCUT2D eigenvalue weighted by molar-refractivity contribution is 5.38. The molecule has 0 amide bonds. The van der Waals surface area contributed by atoms with Crippen molar-refractivity contribution in [3.05, 3.63) is 11.9 Å². The van der Waals surface area contributed by atoms with Crippen molar-refractivity contribution in [3.63, 3.8) is 0 Å². The minimum Gasteiger partial charge on any atom is -0.464 e. The summed E-state index contributed by atoms with van der Waals surface area (Å²) >= 11 is 0. The van der Waals surface area contributed by atoms with E-state index >= 15 is 0 Å². The van der Waals surface area contributed by atoms with E-state index in [0.717, 1.165) is 31.0 Å². The highest BCUT2D eigenvalue weighted by atomic mass is 16.5. The van der Waals surface area contributed by atoms with Crippen molar-refractivity contribution >= 4 is 5.82 Å². The highest BCUT2D eigenvalue weighted by Gasteiger charge is 2.04. The monoisotopic (exact) mass is 219 g/mol. The Morgan fingerprint density at radius 2 is 2.25 bits per heavy atom. The van der Waals surface area contributed by atoms with Gasteiger partial charge in [-0.3, -0.25) is 0 Å². The lowest BCUT2D eigenvalue weighted by Crippen LogP contribution is -2.06. The molecule has 16 heavy (non-hydrogen) atoms. The van der Waals surface area contributed by atoms with Gasteiger partial charge in [-0.05, 0) is 13.3 Å². The maximum absolute atomic E-state index is 5.30. The fourth-order valence-corrected chi connectivity index (χ4v) is 1.27. The fraction of sp³-hybridized carbons (Fsp3) is 0.500. The van der Waals surface area contributed by atoms with E-state index in [1.807, 2.05) is 6.92 Å². The molecule has 0 aliphatic carbocycles. The SMILES string of the molecule is C#CCOc1cc(NCC)nc(CCC)n1. The van der Waals surface area contributed by atoms with Crippen LogP contribution in [0, 0.1) is 12.3 Å². The molecule has 0 fully saturated rings. The van der Waals surface area contributed by atoms with Crippen molar-refractivity contribution in [1.29, 1.82) is 0 Å². The van der Waals surface area contributed by atoms with Crippen LogP contribution in [0.5, 0.6) is 5.88 Å². The largest absolute Gasteiger partial charge is 0.464 e. The maximum Gasteiger partial charge on any atom is 0.219 e. The normalized spacial score (nSPS) is 9.56. The van der Waals surface area contributed by atoms with Crippen LogP contribution in [0.25, 0.3) is 0 Å². The van der Waals surface area contributed by atoms with Crippen LogP contribution in [-0.2, 0) is 6.42 Å². The van der Waals surface area contributed by atoms with Gasteiger partial charge in [0.2, 0.25) is 5.88 Å². The summed E-state index contributed by atoms with van der Waals surface area (Å²) in [5.41, 5.74) is 0. The zero-order chi connectivity index (χ0) is 11.8. The topological polar surface area (TPSA) is 47.0 Å². The predicted molar refractivity (Wildman–Crippen MR) is 64.5 cm³/mol. The number of anilines is 1. The number of ether oxygens (including phenoxy) is 1. The third-order valence-electron chi connectivity index (χ3n) is 1.88. The number of aryl methyl sites for hydroxylation is 1. The zero-order valence-corrected chi connectivity index (χ0v) is 9.79. The van der Waals surface area contributed by atoms with Crippen LogP contribution in [-0.4, -0.2) is 23.1 Å². The predicted octanol–water partition coefficient (Wildman–Crippen LogP) is 1.87. The molecule has 1 aromatic rings. The van der Waals surface area contributed by atoms with Gasteiger partial charge in [-0.2, -0.15) is 4.98 Å². The summed E-state index contributed by atoms with van der Waals surface area (Å²) in [5.74, 6) is 4.52. The van der Waals surface area contributed by atoms with Gasteiger partial charge in [0.15, 0.2) is 6.61 Å². The molecule has 1 N–H and O–H groups in total. The Kier molecular flexibility index (Phi) is 5.13. The van der Waals surface area contributed by atoms with Gasteiger partial charge in [-0.15, -0.1) is 6.42 Å². The van der Waals surface area contributed by atoms with Crippen LogP contribution in [0.4, 0.5) is 5.82 Å². The Morgan fingerprint density at radius 3 is 2.88 bits per heavy atom. The Balaban J connectivity index is 2.85. The summed E-state index contributed by atoms with van der Waals surface area (Å²) in [7, 11) is 0. The number of nitrogens with zero attached hydrogens (tertiary/aromatic N) is 2. The Morgan fingerprint density at radius 1 is 1.44 bits per heavy atom.